The van der Waals surface area contributed by atoms with Crippen molar-refractivity contribution in [3.8, 4) is 0 Å². The second kappa shape index (κ2) is 6.20. The Labute approximate surface area is 128 Å². The maximum atomic E-state index is 6.15. The van der Waals surface area contributed by atoms with Crippen LogP contribution in [0.15, 0.2) is 30.3 Å². The summed E-state index contributed by atoms with van der Waals surface area (Å²) in [6, 6.07) is 11.1. The van der Waals surface area contributed by atoms with Crippen molar-refractivity contribution in [1.82, 2.24) is 14.5 Å². The predicted molar refractivity (Wildman–Crippen MR) is 82.8 cm³/mol. The third-order valence-corrected chi connectivity index (χ3v) is 4.96. The van der Waals surface area contributed by atoms with E-state index in [0.717, 1.165) is 24.7 Å². The normalized spacial score (nSPS) is 16.6. The van der Waals surface area contributed by atoms with E-state index >= 15 is 0 Å². The summed E-state index contributed by atoms with van der Waals surface area (Å²) in [5.41, 5.74) is 2.24. The number of hydrogen-bond donors (Lipinski definition) is 0. The smallest absolute Gasteiger partial charge is 0.138 e. The zero-order valence-corrected chi connectivity index (χ0v) is 13.1. The van der Waals surface area contributed by atoms with Crippen LogP contribution in [0.5, 0.6) is 0 Å². The van der Waals surface area contributed by atoms with Crippen LogP contribution >= 0.6 is 23.1 Å². The Balaban J connectivity index is 1.75. The van der Waals surface area contributed by atoms with Gasteiger partial charge in [-0.15, -0.1) is 5.10 Å². The van der Waals surface area contributed by atoms with Gasteiger partial charge in [0.05, 0.1) is 0 Å². The Morgan fingerprint density at radius 1 is 1.30 bits per heavy atom. The Hall–Kier alpha value is -0.970. The topological polar surface area (TPSA) is 29.0 Å². The number of hydrogen-bond acceptors (Lipinski definition) is 4. The molecule has 0 amide bonds. The second-order valence-corrected chi connectivity index (χ2v) is 6.82. The molecule has 0 aliphatic heterocycles. The van der Waals surface area contributed by atoms with Crippen molar-refractivity contribution in [1.29, 1.82) is 0 Å². The molecule has 106 valence electrons. The molecule has 0 bridgehead atoms. The quantitative estimate of drug-likeness (QED) is 0.808. The summed E-state index contributed by atoms with van der Waals surface area (Å²) in [7, 11) is 0. The minimum absolute atomic E-state index is 0.563. The van der Waals surface area contributed by atoms with Gasteiger partial charge in [0.1, 0.15) is 10.0 Å². The van der Waals surface area contributed by atoms with Crippen LogP contribution < -0.4 is 0 Å². The van der Waals surface area contributed by atoms with Crippen LogP contribution in [0.4, 0.5) is 0 Å². The highest BCUT2D eigenvalue weighted by Crippen LogP contribution is 2.36. The fraction of sp³-hybridized carbons (Fsp3) is 0.467. The molecule has 1 heterocycles. The van der Waals surface area contributed by atoms with Gasteiger partial charge in [-0.3, -0.25) is 4.90 Å². The van der Waals surface area contributed by atoms with E-state index in [0.29, 0.717) is 10.4 Å². The standard InChI is InChI=1S/C15H18ClN3S/c1-11(13-7-8-13)19(9-12-5-3-2-4-6-12)10-14-15(16)20-18-17-14/h2-6,11,13H,7-10H2,1H3. The van der Waals surface area contributed by atoms with Gasteiger partial charge in [0, 0.05) is 30.7 Å². The van der Waals surface area contributed by atoms with Gasteiger partial charge in [0.15, 0.2) is 0 Å². The van der Waals surface area contributed by atoms with E-state index < -0.39 is 0 Å². The zero-order chi connectivity index (χ0) is 13.9. The van der Waals surface area contributed by atoms with Crippen LogP contribution in [0, 0.1) is 5.92 Å². The van der Waals surface area contributed by atoms with Gasteiger partial charge in [-0.25, -0.2) is 0 Å². The number of benzene rings is 1. The molecule has 0 N–H and O–H groups in total. The van der Waals surface area contributed by atoms with Crippen LogP contribution in [0.25, 0.3) is 0 Å². The first-order chi connectivity index (χ1) is 9.74. The van der Waals surface area contributed by atoms with Crippen molar-refractivity contribution in [3.05, 3.63) is 45.9 Å². The van der Waals surface area contributed by atoms with E-state index in [9.17, 15) is 0 Å². The lowest BCUT2D eigenvalue weighted by Crippen LogP contribution is -2.33. The summed E-state index contributed by atoms with van der Waals surface area (Å²) in [6.45, 7) is 4.03. The molecule has 0 saturated heterocycles. The Kier molecular flexibility index (Phi) is 4.34. The van der Waals surface area contributed by atoms with Gasteiger partial charge in [-0.1, -0.05) is 46.4 Å². The number of rotatable bonds is 6. The van der Waals surface area contributed by atoms with Gasteiger partial charge in [0.2, 0.25) is 0 Å². The summed E-state index contributed by atoms with van der Waals surface area (Å²) >= 11 is 7.42. The first kappa shape index (κ1) is 14.0. The van der Waals surface area contributed by atoms with Gasteiger partial charge in [-0.05, 0) is 31.2 Å². The van der Waals surface area contributed by atoms with Crippen LogP contribution in [0.3, 0.4) is 0 Å². The van der Waals surface area contributed by atoms with Crippen LogP contribution in [0.2, 0.25) is 4.34 Å². The minimum atomic E-state index is 0.563. The molecule has 5 heteroatoms. The average Bonchev–Trinajstić information content (AvgIpc) is 3.23. The SMILES string of the molecule is CC(C1CC1)N(Cc1ccccc1)Cc1nnsc1Cl. The van der Waals surface area contributed by atoms with E-state index in [4.69, 9.17) is 11.6 Å². The number of aromatic nitrogens is 2. The molecule has 3 rings (SSSR count). The lowest BCUT2D eigenvalue weighted by atomic mass is 10.1. The summed E-state index contributed by atoms with van der Waals surface area (Å²) in [4.78, 5) is 2.47. The minimum Gasteiger partial charge on any atom is -0.290 e. The molecule has 3 nitrogen and oxygen atoms in total. The fourth-order valence-corrected chi connectivity index (χ4v) is 3.13. The van der Waals surface area contributed by atoms with E-state index in [1.807, 2.05) is 0 Å². The maximum absolute atomic E-state index is 6.15. The summed E-state index contributed by atoms with van der Waals surface area (Å²) in [5.74, 6) is 0.823. The fourth-order valence-electron chi connectivity index (χ4n) is 2.52. The van der Waals surface area contributed by atoms with E-state index in [2.05, 4.69) is 51.7 Å². The van der Waals surface area contributed by atoms with Gasteiger partial charge < -0.3 is 0 Å². The van der Waals surface area contributed by atoms with Gasteiger partial charge in [-0.2, -0.15) is 0 Å². The van der Waals surface area contributed by atoms with Crippen molar-refractivity contribution in [3.63, 3.8) is 0 Å². The van der Waals surface area contributed by atoms with E-state index in [1.54, 1.807) is 0 Å². The van der Waals surface area contributed by atoms with Crippen LogP contribution in [-0.4, -0.2) is 20.5 Å². The molecule has 1 unspecified atom stereocenters. The van der Waals surface area contributed by atoms with Gasteiger partial charge >= 0.3 is 0 Å². The van der Waals surface area contributed by atoms with E-state index in [-0.39, 0.29) is 0 Å². The molecule has 0 spiro atoms. The molecule has 0 radical (unpaired) electrons. The molecular formula is C15H18ClN3S. The molecule has 1 saturated carbocycles. The first-order valence-corrected chi connectivity index (χ1v) is 8.14. The Morgan fingerprint density at radius 3 is 2.65 bits per heavy atom. The highest BCUT2D eigenvalue weighted by Gasteiger charge is 2.32. The van der Waals surface area contributed by atoms with Crippen LogP contribution in [-0.2, 0) is 13.1 Å². The Morgan fingerprint density at radius 2 is 2.05 bits per heavy atom. The number of nitrogens with zero attached hydrogens (tertiary/aromatic N) is 3. The third kappa shape index (κ3) is 3.37. The largest absolute Gasteiger partial charge is 0.290 e. The summed E-state index contributed by atoms with van der Waals surface area (Å²) in [6.07, 6.45) is 2.69. The van der Waals surface area contributed by atoms with Crippen molar-refractivity contribution >= 4 is 23.1 Å². The summed E-state index contributed by atoms with van der Waals surface area (Å²) in [5, 5.41) is 4.15. The molecule has 1 aliphatic rings. The molecular weight excluding hydrogens is 290 g/mol. The molecule has 1 atom stereocenters. The predicted octanol–water partition coefficient (Wildman–Crippen LogP) is 3.99. The summed E-state index contributed by atoms with van der Waals surface area (Å²) < 4.78 is 4.65. The lowest BCUT2D eigenvalue weighted by Gasteiger charge is -2.28. The third-order valence-electron chi connectivity index (χ3n) is 3.97. The van der Waals surface area contributed by atoms with Crippen molar-refractivity contribution < 1.29 is 0 Å². The lowest BCUT2D eigenvalue weighted by molar-refractivity contribution is 0.170. The monoisotopic (exact) mass is 307 g/mol. The highest BCUT2D eigenvalue weighted by molar-refractivity contribution is 7.10. The van der Waals surface area contributed by atoms with Crippen molar-refractivity contribution in [2.75, 3.05) is 0 Å². The van der Waals surface area contributed by atoms with Crippen molar-refractivity contribution in [2.45, 2.75) is 38.9 Å². The van der Waals surface area contributed by atoms with Gasteiger partial charge in [0.25, 0.3) is 0 Å². The maximum Gasteiger partial charge on any atom is 0.138 e. The molecule has 20 heavy (non-hydrogen) atoms. The molecule has 2 aromatic rings. The molecule has 1 aromatic heterocycles. The average molecular weight is 308 g/mol. The van der Waals surface area contributed by atoms with Crippen molar-refractivity contribution in [2.24, 2.45) is 5.92 Å². The molecule has 1 fully saturated rings. The zero-order valence-electron chi connectivity index (χ0n) is 11.5. The van der Waals surface area contributed by atoms with Crippen LogP contribution in [0.1, 0.15) is 31.0 Å². The van der Waals surface area contributed by atoms with E-state index in [1.165, 1.54) is 29.9 Å². The molecule has 1 aliphatic carbocycles. The first-order valence-electron chi connectivity index (χ1n) is 6.98. The molecule has 1 aromatic carbocycles. The number of halogens is 1. The Bertz CT molecular complexity index is 553. The highest BCUT2D eigenvalue weighted by atomic mass is 35.5. The second-order valence-electron chi connectivity index (χ2n) is 5.46.